The largest absolute Gasteiger partial charge is 0.508 e. The van der Waals surface area contributed by atoms with Crippen LogP contribution in [-0.2, 0) is 0 Å². The van der Waals surface area contributed by atoms with Gasteiger partial charge in [0, 0.05) is 11.6 Å². The summed E-state index contributed by atoms with van der Waals surface area (Å²) in [5.41, 5.74) is 3.77. The molecule has 2 N–H and O–H groups in total. The topological polar surface area (TPSA) is 32.3 Å². The van der Waals surface area contributed by atoms with E-state index >= 15 is 0 Å². The summed E-state index contributed by atoms with van der Waals surface area (Å²) in [4.78, 5) is 0. The van der Waals surface area contributed by atoms with Gasteiger partial charge in [-0.3, -0.25) is 0 Å². The van der Waals surface area contributed by atoms with Crippen LogP contribution in [0.5, 0.6) is 5.75 Å². The van der Waals surface area contributed by atoms with Crippen molar-refractivity contribution in [2.75, 3.05) is 6.54 Å². The zero-order valence-corrected chi connectivity index (χ0v) is 11.4. The van der Waals surface area contributed by atoms with E-state index in [0.29, 0.717) is 5.75 Å². The lowest BCUT2D eigenvalue weighted by molar-refractivity contribution is 0.452. The molecule has 0 bridgehead atoms. The summed E-state index contributed by atoms with van der Waals surface area (Å²) in [6, 6.07) is 5.98. The molecule has 18 heavy (non-hydrogen) atoms. The second-order valence-electron chi connectivity index (χ2n) is 5.24. The number of phenols is 1. The monoisotopic (exact) mass is 245 g/mol. The third kappa shape index (κ3) is 3.36. The maximum atomic E-state index is 9.86. The number of aromatic hydroxyl groups is 1. The SMILES string of the molecule is Cc1ccc(O)c(C(C)NCCC2=CCCC2)c1. The van der Waals surface area contributed by atoms with Gasteiger partial charge in [-0.05, 0) is 52.1 Å². The fourth-order valence-electron chi connectivity index (χ4n) is 2.54. The molecule has 0 amide bonds. The van der Waals surface area contributed by atoms with Gasteiger partial charge in [0.1, 0.15) is 5.75 Å². The molecule has 0 spiro atoms. The standard InChI is InChI=1S/C16H23NO/c1-12-7-8-16(18)15(11-12)13(2)17-10-9-14-5-3-4-6-14/h5,7-8,11,13,17-18H,3-4,6,9-10H2,1-2H3. The summed E-state index contributed by atoms with van der Waals surface area (Å²) in [6.45, 7) is 5.15. The molecule has 2 rings (SSSR count). The summed E-state index contributed by atoms with van der Waals surface area (Å²) >= 11 is 0. The van der Waals surface area contributed by atoms with Crippen molar-refractivity contribution in [3.8, 4) is 5.75 Å². The maximum Gasteiger partial charge on any atom is 0.120 e. The Labute approximate surface area is 110 Å². The van der Waals surface area contributed by atoms with Crippen LogP contribution < -0.4 is 5.32 Å². The Morgan fingerprint density at radius 2 is 2.22 bits per heavy atom. The van der Waals surface area contributed by atoms with Crippen LogP contribution in [0.25, 0.3) is 0 Å². The summed E-state index contributed by atoms with van der Waals surface area (Å²) < 4.78 is 0. The van der Waals surface area contributed by atoms with Crippen molar-refractivity contribution in [1.29, 1.82) is 0 Å². The third-order valence-electron chi connectivity index (χ3n) is 3.68. The predicted molar refractivity (Wildman–Crippen MR) is 75.8 cm³/mol. The molecular formula is C16H23NO. The molecule has 1 atom stereocenters. The second kappa shape index (κ2) is 6.05. The van der Waals surface area contributed by atoms with Crippen molar-refractivity contribution in [3.63, 3.8) is 0 Å². The molecule has 1 aliphatic carbocycles. The van der Waals surface area contributed by atoms with Gasteiger partial charge < -0.3 is 10.4 Å². The summed E-state index contributed by atoms with van der Waals surface area (Å²) in [7, 11) is 0. The molecule has 1 aromatic carbocycles. The highest BCUT2D eigenvalue weighted by Gasteiger charge is 2.10. The molecule has 0 fully saturated rings. The van der Waals surface area contributed by atoms with E-state index in [9.17, 15) is 5.11 Å². The Morgan fingerprint density at radius 3 is 2.94 bits per heavy atom. The molecule has 2 nitrogen and oxygen atoms in total. The molecule has 0 heterocycles. The van der Waals surface area contributed by atoms with Crippen molar-refractivity contribution in [2.45, 2.75) is 45.6 Å². The van der Waals surface area contributed by atoms with E-state index in [1.54, 1.807) is 11.6 Å². The van der Waals surface area contributed by atoms with E-state index in [1.807, 2.05) is 6.07 Å². The number of nitrogens with one attached hydrogen (secondary N) is 1. The van der Waals surface area contributed by atoms with Crippen LogP contribution in [0.15, 0.2) is 29.8 Å². The molecule has 0 aliphatic heterocycles. The fraction of sp³-hybridized carbons (Fsp3) is 0.500. The minimum Gasteiger partial charge on any atom is -0.508 e. The van der Waals surface area contributed by atoms with Crippen molar-refractivity contribution in [1.82, 2.24) is 5.32 Å². The first-order valence-corrected chi connectivity index (χ1v) is 6.87. The molecule has 1 aliphatic rings. The highest BCUT2D eigenvalue weighted by atomic mass is 16.3. The van der Waals surface area contributed by atoms with Crippen LogP contribution in [0.4, 0.5) is 0 Å². The van der Waals surface area contributed by atoms with E-state index in [2.05, 4.69) is 31.3 Å². The van der Waals surface area contributed by atoms with Crippen LogP contribution in [0.2, 0.25) is 0 Å². The van der Waals surface area contributed by atoms with Crippen molar-refractivity contribution in [2.24, 2.45) is 0 Å². The summed E-state index contributed by atoms with van der Waals surface area (Å²) in [5.74, 6) is 0.390. The van der Waals surface area contributed by atoms with Crippen molar-refractivity contribution >= 4 is 0 Å². The van der Waals surface area contributed by atoms with E-state index in [1.165, 1.54) is 24.8 Å². The lowest BCUT2D eigenvalue weighted by Crippen LogP contribution is -2.20. The number of benzene rings is 1. The smallest absolute Gasteiger partial charge is 0.120 e. The first-order chi connectivity index (χ1) is 8.66. The summed E-state index contributed by atoms with van der Waals surface area (Å²) in [6.07, 6.45) is 7.35. The number of hydrogen-bond acceptors (Lipinski definition) is 2. The minimum atomic E-state index is 0.201. The molecule has 1 aromatic rings. The maximum absolute atomic E-state index is 9.86. The van der Waals surface area contributed by atoms with Crippen LogP contribution in [0, 0.1) is 6.92 Å². The van der Waals surface area contributed by atoms with Crippen molar-refractivity contribution in [3.05, 3.63) is 41.0 Å². The van der Waals surface area contributed by atoms with Gasteiger partial charge in [-0.1, -0.05) is 29.3 Å². The average molecular weight is 245 g/mol. The van der Waals surface area contributed by atoms with E-state index in [4.69, 9.17) is 0 Å². The normalized spacial score (nSPS) is 16.7. The third-order valence-corrected chi connectivity index (χ3v) is 3.68. The Kier molecular flexibility index (Phi) is 4.43. The Hall–Kier alpha value is -1.28. The van der Waals surface area contributed by atoms with Crippen LogP contribution in [0.3, 0.4) is 0 Å². The predicted octanol–water partition coefficient (Wildman–Crippen LogP) is 3.85. The highest BCUT2D eigenvalue weighted by molar-refractivity contribution is 5.37. The molecule has 0 aromatic heterocycles. The van der Waals surface area contributed by atoms with E-state index in [-0.39, 0.29) is 6.04 Å². The lowest BCUT2D eigenvalue weighted by atomic mass is 10.0. The van der Waals surface area contributed by atoms with E-state index < -0.39 is 0 Å². The van der Waals surface area contributed by atoms with Gasteiger partial charge in [-0.2, -0.15) is 0 Å². The molecule has 1 unspecified atom stereocenters. The molecular weight excluding hydrogens is 222 g/mol. The molecule has 98 valence electrons. The summed E-state index contributed by atoms with van der Waals surface area (Å²) in [5, 5.41) is 13.4. The van der Waals surface area contributed by atoms with Gasteiger partial charge in [0.15, 0.2) is 0 Å². The quantitative estimate of drug-likeness (QED) is 0.772. The molecule has 0 saturated carbocycles. The average Bonchev–Trinajstić information content (AvgIpc) is 2.85. The highest BCUT2D eigenvalue weighted by Crippen LogP contribution is 2.25. The van der Waals surface area contributed by atoms with Gasteiger partial charge in [0.05, 0.1) is 0 Å². The first-order valence-electron chi connectivity index (χ1n) is 6.87. The molecule has 0 saturated heterocycles. The Bertz CT molecular complexity index is 437. The zero-order chi connectivity index (χ0) is 13.0. The van der Waals surface area contributed by atoms with Gasteiger partial charge in [0.2, 0.25) is 0 Å². The Morgan fingerprint density at radius 1 is 1.39 bits per heavy atom. The first kappa shape index (κ1) is 13.2. The van der Waals surface area contributed by atoms with Gasteiger partial charge >= 0.3 is 0 Å². The van der Waals surface area contributed by atoms with Crippen LogP contribution >= 0.6 is 0 Å². The van der Waals surface area contributed by atoms with Crippen LogP contribution in [0.1, 0.15) is 49.8 Å². The molecule has 2 heteroatoms. The molecule has 0 radical (unpaired) electrons. The lowest BCUT2D eigenvalue weighted by Gasteiger charge is -2.16. The number of hydrogen-bond donors (Lipinski definition) is 2. The second-order valence-corrected chi connectivity index (χ2v) is 5.24. The Balaban J connectivity index is 1.86. The van der Waals surface area contributed by atoms with Crippen LogP contribution in [-0.4, -0.2) is 11.7 Å². The number of allylic oxidation sites excluding steroid dienone is 1. The van der Waals surface area contributed by atoms with Gasteiger partial charge in [0.25, 0.3) is 0 Å². The number of phenolic OH excluding ortho intramolecular Hbond substituents is 1. The van der Waals surface area contributed by atoms with Crippen molar-refractivity contribution < 1.29 is 5.11 Å². The number of rotatable bonds is 5. The minimum absolute atomic E-state index is 0.201. The number of aryl methyl sites for hydroxylation is 1. The van der Waals surface area contributed by atoms with E-state index in [0.717, 1.165) is 18.5 Å². The van der Waals surface area contributed by atoms with Gasteiger partial charge in [-0.15, -0.1) is 0 Å². The zero-order valence-electron chi connectivity index (χ0n) is 11.4. The van der Waals surface area contributed by atoms with Gasteiger partial charge in [-0.25, -0.2) is 0 Å². The fourth-order valence-corrected chi connectivity index (χ4v) is 2.54.